The Hall–Kier alpha value is -1.30. The summed E-state index contributed by atoms with van der Waals surface area (Å²) in [6.07, 6.45) is 3.04. The van der Waals surface area contributed by atoms with E-state index in [0.29, 0.717) is 6.04 Å². The van der Waals surface area contributed by atoms with Gasteiger partial charge in [-0.25, -0.2) is 0 Å². The van der Waals surface area contributed by atoms with E-state index >= 15 is 0 Å². The number of carbonyl (C=O) groups is 1. The number of likely N-dealkylation sites (tertiary alicyclic amines) is 1. The lowest BCUT2D eigenvalue weighted by molar-refractivity contribution is -0.122. The number of para-hydroxylation sites is 1. The largest absolute Gasteiger partial charge is 0.306 e. The molecule has 1 amide bonds. The average molecular weight is 345 g/mol. The molecule has 2 atom stereocenters. The summed E-state index contributed by atoms with van der Waals surface area (Å²) >= 11 is 3.55. The highest BCUT2D eigenvalue weighted by atomic mass is 32.2. The van der Waals surface area contributed by atoms with Crippen molar-refractivity contribution in [3.05, 3.63) is 46.2 Å². The van der Waals surface area contributed by atoms with Crippen LogP contribution >= 0.6 is 23.1 Å². The molecule has 1 aromatic carbocycles. The molecule has 3 heterocycles. The molecule has 1 aromatic heterocycles. The third-order valence-electron chi connectivity index (χ3n) is 4.77. The summed E-state index contributed by atoms with van der Waals surface area (Å²) in [6, 6.07) is 13.0. The van der Waals surface area contributed by atoms with Gasteiger partial charge in [-0.2, -0.15) is 0 Å². The van der Waals surface area contributed by atoms with Gasteiger partial charge in [0.2, 0.25) is 5.91 Å². The molecular formula is C18H20N2OS2. The molecule has 2 saturated heterocycles. The fourth-order valence-electron chi connectivity index (χ4n) is 3.75. The minimum atomic E-state index is 0.0531. The predicted molar refractivity (Wildman–Crippen MR) is 97.4 cm³/mol. The molecule has 0 radical (unpaired) electrons. The second-order valence-electron chi connectivity index (χ2n) is 6.23. The van der Waals surface area contributed by atoms with Crippen molar-refractivity contribution in [2.24, 2.45) is 0 Å². The number of amides is 1. The molecule has 2 aliphatic heterocycles. The molecule has 120 valence electrons. The van der Waals surface area contributed by atoms with Gasteiger partial charge >= 0.3 is 0 Å². The van der Waals surface area contributed by atoms with E-state index in [1.807, 2.05) is 28.4 Å². The maximum absolute atomic E-state index is 12.9. The molecular weight excluding hydrogens is 324 g/mol. The Balaban J connectivity index is 1.55. The maximum Gasteiger partial charge on any atom is 0.244 e. The molecule has 23 heavy (non-hydrogen) atoms. The molecule has 5 heteroatoms. The summed E-state index contributed by atoms with van der Waals surface area (Å²) in [5.41, 5.74) is 1.09. The van der Waals surface area contributed by atoms with Gasteiger partial charge in [0.1, 0.15) is 0 Å². The average Bonchev–Trinajstić information content (AvgIpc) is 3.22. The Morgan fingerprint density at radius 2 is 2.09 bits per heavy atom. The van der Waals surface area contributed by atoms with Gasteiger partial charge in [-0.05, 0) is 43.9 Å². The second kappa shape index (κ2) is 5.96. The molecule has 3 nitrogen and oxygen atoms in total. The van der Waals surface area contributed by atoms with Crippen molar-refractivity contribution in [2.45, 2.75) is 36.9 Å². The molecule has 0 spiro atoms. The van der Waals surface area contributed by atoms with E-state index in [-0.39, 0.29) is 11.9 Å². The summed E-state index contributed by atoms with van der Waals surface area (Å²) in [5, 5.41) is 0. The first-order chi connectivity index (χ1) is 11.2. The number of rotatable bonds is 4. The monoisotopic (exact) mass is 344 g/mol. The molecule has 0 unspecified atom stereocenters. The third-order valence-corrected chi connectivity index (χ3v) is 6.54. The first-order valence-electron chi connectivity index (χ1n) is 7.93. The van der Waals surface area contributed by atoms with Crippen LogP contribution in [0, 0.1) is 6.92 Å². The van der Waals surface area contributed by atoms with Gasteiger partial charge < -0.3 is 4.90 Å². The minimum Gasteiger partial charge on any atom is -0.306 e. The molecule has 4 rings (SSSR count). The lowest BCUT2D eigenvalue weighted by Crippen LogP contribution is -2.50. The van der Waals surface area contributed by atoms with Gasteiger partial charge in [-0.1, -0.05) is 12.1 Å². The van der Waals surface area contributed by atoms with Crippen LogP contribution in [-0.4, -0.2) is 35.7 Å². The van der Waals surface area contributed by atoms with Crippen LogP contribution in [0.5, 0.6) is 0 Å². The first-order valence-corrected chi connectivity index (χ1v) is 9.97. The van der Waals surface area contributed by atoms with Gasteiger partial charge in [0, 0.05) is 27.7 Å². The Morgan fingerprint density at radius 3 is 2.78 bits per heavy atom. The summed E-state index contributed by atoms with van der Waals surface area (Å²) in [7, 11) is 0. The van der Waals surface area contributed by atoms with Crippen molar-refractivity contribution < 1.29 is 4.79 Å². The standard InChI is InChI=1S/C18H20N2OS2/c1-12-7-8-14(23-12)11-19-10-13-9-16(19)18(21)20(13)15-5-3-4-6-17(15)22-2/h3-8,13,16H,9-11H2,1-2H3/t13-,16-/m0/s1. The zero-order chi connectivity index (χ0) is 16.0. The van der Waals surface area contributed by atoms with Gasteiger partial charge in [-0.15, -0.1) is 23.1 Å². The summed E-state index contributed by atoms with van der Waals surface area (Å²) in [4.78, 5) is 21.2. The molecule has 0 saturated carbocycles. The number of fused-ring (bicyclic) bond motifs is 2. The lowest BCUT2D eigenvalue weighted by Gasteiger charge is -2.34. The van der Waals surface area contributed by atoms with Crippen LogP contribution in [0.15, 0.2) is 41.3 Å². The number of benzene rings is 1. The fraction of sp³-hybridized carbons (Fsp3) is 0.389. The van der Waals surface area contributed by atoms with Gasteiger partial charge in [0.15, 0.2) is 0 Å². The highest BCUT2D eigenvalue weighted by Crippen LogP contribution is 2.40. The highest BCUT2D eigenvalue weighted by molar-refractivity contribution is 7.98. The van der Waals surface area contributed by atoms with Crippen LogP contribution in [0.25, 0.3) is 0 Å². The van der Waals surface area contributed by atoms with E-state index in [9.17, 15) is 4.79 Å². The molecule has 2 aromatic rings. The summed E-state index contributed by atoms with van der Waals surface area (Å²) in [5.74, 6) is 0.274. The molecule has 2 bridgehead atoms. The van der Waals surface area contributed by atoms with Crippen LogP contribution < -0.4 is 4.90 Å². The lowest BCUT2D eigenvalue weighted by atomic mass is 10.2. The van der Waals surface area contributed by atoms with Gasteiger partial charge in [-0.3, -0.25) is 9.69 Å². The topological polar surface area (TPSA) is 23.6 Å². The number of aryl methyl sites for hydroxylation is 1. The van der Waals surface area contributed by atoms with E-state index in [1.54, 1.807) is 11.8 Å². The van der Waals surface area contributed by atoms with Crippen molar-refractivity contribution in [1.82, 2.24) is 4.90 Å². The zero-order valence-electron chi connectivity index (χ0n) is 13.4. The number of hydrogen-bond acceptors (Lipinski definition) is 4. The normalized spacial score (nSPS) is 23.9. The van der Waals surface area contributed by atoms with Gasteiger partial charge in [0.25, 0.3) is 0 Å². The molecule has 2 aliphatic rings. The SMILES string of the molecule is CSc1ccccc1N1C(=O)[C@@H]2C[C@H]1CN2Cc1ccc(C)s1. The van der Waals surface area contributed by atoms with Crippen LogP contribution in [0.3, 0.4) is 0 Å². The van der Waals surface area contributed by atoms with E-state index in [0.717, 1.165) is 25.2 Å². The number of hydrogen-bond donors (Lipinski definition) is 0. The van der Waals surface area contributed by atoms with Crippen molar-refractivity contribution in [3.63, 3.8) is 0 Å². The second-order valence-corrected chi connectivity index (χ2v) is 8.45. The molecule has 0 N–H and O–H groups in total. The minimum absolute atomic E-state index is 0.0531. The van der Waals surface area contributed by atoms with E-state index < -0.39 is 0 Å². The zero-order valence-corrected chi connectivity index (χ0v) is 15.0. The van der Waals surface area contributed by atoms with E-state index in [4.69, 9.17) is 0 Å². The van der Waals surface area contributed by atoms with Crippen molar-refractivity contribution >= 4 is 34.7 Å². The van der Waals surface area contributed by atoms with Crippen LogP contribution in [0.2, 0.25) is 0 Å². The highest BCUT2D eigenvalue weighted by Gasteiger charge is 2.50. The Bertz CT molecular complexity index is 742. The summed E-state index contributed by atoms with van der Waals surface area (Å²) < 4.78 is 0. The number of piperazine rings is 1. The van der Waals surface area contributed by atoms with Crippen molar-refractivity contribution in [3.8, 4) is 0 Å². The number of thioether (sulfide) groups is 1. The van der Waals surface area contributed by atoms with Crippen LogP contribution in [0.1, 0.15) is 16.2 Å². The summed E-state index contributed by atoms with van der Waals surface area (Å²) in [6.45, 7) is 4.02. The quantitative estimate of drug-likeness (QED) is 0.789. The van der Waals surface area contributed by atoms with E-state index in [1.165, 1.54) is 14.6 Å². The molecule has 0 aliphatic carbocycles. The Kier molecular flexibility index (Phi) is 3.95. The maximum atomic E-state index is 12.9. The van der Waals surface area contributed by atoms with Crippen molar-refractivity contribution in [2.75, 3.05) is 17.7 Å². The number of nitrogens with zero attached hydrogens (tertiary/aromatic N) is 2. The number of anilines is 1. The number of thiophene rings is 1. The fourth-order valence-corrected chi connectivity index (χ4v) is 5.26. The van der Waals surface area contributed by atoms with Crippen LogP contribution in [0.4, 0.5) is 5.69 Å². The smallest absolute Gasteiger partial charge is 0.244 e. The Labute approximate surface area is 145 Å². The van der Waals surface area contributed by atoms with Crippen LogP contribution in [-0.2, 0) is 11.3 Å². The van der Waals surface area contributed by atoms with Gasteiger partial charge in [0.05, 0.1) is 17.8 Å². The van der Waals surface area contributed by atoms with Crippen molar-refractivity contribution in [1.29, 1.82) is 0 Å². The predicted octanol–water partition coefficient (Wildman–Crippen LogP) is 3.77. The number of carbonyl (C=O) groups excluding carboxylic acids is 1. The first kappa shape index (κ1) is 15.2. The molecule has 2 fully saturated rings. The third kappa shape index (κ3) is 2.61. The Morgan fingerprint density at radius 1 is 1.26 bits per heavy atom. The van der Waals surface area contributed by atoms with E-state index in [2.05, 4.69) is 42.3 Å².